The minimum absolute atomic E-state index is 0.00486. The van der Waals surface area contributed by atoms with E-state index >= 15 is 0 Å². The smallest absolute Gasteiger partial charge is 0.317 e. The molecule has 3 amide bonds. The molecule has 1 aromatic carbocycles. The maximum atomic E-state index is 12.7. The Kier molecular flexibility index (Phi) is 5.74. The first-order valence-corrected chi connectivity index (χ1v) is 10.3. The molecule has 2 aliphatic rings. The zero-order valence-corrected chi connectivity index (χ0v) is 16.8. The summed E-state index contributed by atoms with van der Waals surface area (Å²) in [6, 6.07) is 11.9. The van der Waals surface area contributed by atoms with Crippen molar-refractivity contribution in [2.24, 2.45) is 0 Å². The number of piperazine rings is 1. The lowest BCUT2D eigenvalue weighted by atomic mass is 10.0. The van der Waals surface area contributed by atoms with Gasteiger partial charge in [-0.1, -0.05) is 18.2 Å². The molecule has 2 aromatic rings. The maximum Gasteiger partial charge on any atom is 0.317 e. The van der Waals surface area contributed by atoms with E-state index in [1.165, 1.54) is 17.5 Å². The van der Waals surface area contributed by atoms with Crippen LogP contribution in [-0.2, 0) is 0 Å². The Morgan fingerprint density at radius 1 is 0.931 bits per heavy atom. The highest BCUT2D eigenvalue weighted by Gasteiger charge is 2.28. The Labute approximate surface area is 171 Å². The molecule has 0 aliphatic carbocycles. The molecule has 1 N–H and O–H groups in total. The van der Waals surface area contributed by atoms with Crippen LogP contribution in [0.15, 0.2) is 47.1 Å². The first kappa shape index (κ1) is 19.4. The first-order chi connectivity index (χ1) is 14.1. The molecule has 0 atom stereocenters. The number of nitrogens with one attached hydrogen (secondary N) is 1. The van der Waals surface area contributed by atoms with Crippen LogP contribution in [0.1, 0.15) is 29.0 Å². The molecular formula is C22H28N4O3. The Hall–Kier alpha value is -2.96. The fourth-order valence-corrected chi connectivity index (χ4v) is 4.12. The molecule has 154 valence electrons. The van der Waals surface area contributed by atoms with Gasteiger partial charge in [0.05, 0.1) is 6.26 Å². The van der Waals surface area contributed by atoms with E-state index < -0.39 is 0 Å². The quantitative estimate of drug-likeness (QED) is 0.866. The number of para-hydroxylation sites is 1. The fraction of sp³-hybridized carbons (Fsp3) is 0.455. The van der Waals surface area contributed by atoms with Gasteiger partial charge < -0.3 is 24.4 Å². The highest BCUT2D eigenvalue weighted by Crippen LogP contribution is 2.21. The lowest BCUT2D eigenvalue weighted by Crippen LogP contribution is -2.55. The summed E-state index contributed by atoms with van der Waals surface area (Å²) in [7, 11) is 0. The first-order valence-electron chi connectivity index (χ1n) is 10.3. The molecule has 0 unspecified atom stereocenters. The molecule has 2 saturated heterocycles. The van der Waals surface area contributed by atoms with Crippen molar-refractivity contribution in [3.05, 3.63) is 54.0 Å². The summed E-state index contributed by atoms with van der Waals surface area (Å²) < 4.78 is 5.20. The summed E-state index contributed by atoms with van der Waals surface area (Å²) in [6.45, 7) is 6.50. The lowest BCUT2D eigenvalue weighted by Gasteiger charge is -2.38. The van der Waals surface area contributed by atoms with Crippen LogP contribution in [-0.4, -0.2) is 67.0 Å². The van der Waals surface area contributed by atoms with Gasteiger partial charge in [0.15, 0.2) is 5.76 Å². The highest BCUT2D eigenvalue weighted by molar-refractivity contribution is 5.91. The number of benzene rings is 1. The van der Waals surface area contributed by atoms with Gasteiger partial charge in [0.25, 0.3) is 5.91 Å². The molecule has 4 rings (SSSR count). The van der Waals surface area contributed by atoms with Crippen LogP contribution in [0.2, 0.25) is 0 Å². The van der Waals surface area contributed by atoms with E-state index in [9.17, 15) is 9.59 Å². The van der Waals surface area contributed by atoms with Crippen LogP contribution in [0, 0.1) is 6.92 Å². The average molecular weight is 396 g/mol. The summed E-state index contributed by atoms with van der Waals surface area (Å²) in [4.78, 5) is 31.1. The number of piperidine rings is 1. The molecule has 2 fully saturated rings. The predicted octanol–water partition coefficient (Wildman–Crippen LogP) is 2.72. The van der Waals surface area contributed by atoms with Gasteiger partial charge in [-0.3, -0.25) is 4.79 Å². The number of anilines is 1. The van der Waals surface area contributed by atoms with E-state index in [4.69, 9.17) is 4.42 Å². The van der Waals surface area contributed by atoms with Crippen molar-refractivity contribution in [1.29, 1.82) is 0 Å². The molecular weight excluding hydrogens is 368 g/mol. The molecule has 0 saturated carbocycles. The molecule has 7 heteroatoms. The Morgan fingerprint density at radius 3 is 2.31 bits per heavy atom. The van der Waals surface area contributed by atoms with Crippen molar-refractivity contribution in [3.8, 4) is 0 Å². The number of aryl methyl sites for hydroxylation is 1. The van der Waals surface area contributed by atoms with Gasteiger partial charge in [-0.2, -0.15) is 0 Å². The zero-order chi connectivity index (χ0) is 20.2. The number of urea groups is 1. The number of carbonyl (C=O) groups is 2. The molecule has 2 aliphatic heterocycles. The number of hydrogen-bond acceptors (Lipinski definition) is 4. The largest absolute Gasteiger partial charge is 0.459 e. The second-order valence-electron chi connectivity index (χ2n) is 7.75. The minimum atomic E-state index is -0.0768. The van der Waals surface area contributed by atoms with Crippen molar-refractivity contribution < 1.29 is 14.0 Å². The lowest BCUT2D eigenvalue weighted by molar-refractivity contribution is 0.0674. The second-order valence-corrected chi connectivity index (χ2v) is 7.75. The Bertz CT molecular complexity index is 836. The fourth-order valence-electron chi connectivity index (χ4n) is 4.12. The molecule has 29 heavy (non-hydrogen) atoms. The molecule has 0 bridgehead atoms. The second kappa shape index (κ2) is 8.59. The molecule has 1 aromatic heterocycles. The molecule has 7 nitrogen and oxygen atoms in total. The van der Waals surface area contributed by atoms with Crippen LogP contribution >= 0.6 is 0 Å². The summed E-state index contributed by atoms with van der Waals surface area (Å²) in [5.74, 6) is 0.297. The van der Waals surface area contributed by atoms with E-state index in [2.05, 4.69) is 41.4 Å². The Morgan fingerprint density at radius 2 is 1.66 bits per heavy atom. The van der Waals surface area contributed by atoms with Gasteiger partial charge in [-0.25, -0.2) is 4.79 Å². The zero-order valence-electron chi connectivity index (χ0n) is 16.8. The van der Waals surface area contributed by atoms with Gasteiger partial charge >= 0.3 is 6.03 Å². The van der Waals surface area contributed by atoms with Crippen LogP contribution in [0.5, 0.6) is 0 Å². The van der Waals surface area contributed by atoms with Gasteiger partial charge in [-0.05, 0) is 43.5 Å². The SMILES string of the molecule is Cc1ccccc1N1CCN(C(=O)NC2CCN(C(=O)c3ccco3)CC2)CC1. The summed E-state index contributed by atoms with van der Waals surface area (Å²) in [5, 5.41) is 3.16. The van der Waals surface area contributed by atoms with Crippen LogP contribution in [0.4, 0.5) is 10.5 Å². The van der Waals surface area contributed by atoms with Gasteiger partial charge in [-0.15, -0.1) is 0 Å². The number of carbonyl (C=O) groups excluding carboxylic acids is 2. The molecule has 3 heterocycles. The third-order valence-electron chi connectivity index (χ3n) is 5.86. The number of hydrogen-bond donors (Lipinski definition) is 1. The van der Waals surface area contributed by atoms with Crippen LogP contribution < -0.4 is 10.2 Å². The normalized spacial score (nSPS) is 18.0. The average Bonchev–Trinajstić information content (AvgIpc) is 3.29. The van der Waals surface area contributed by atoms with Crippen molar-refractivity contribution in [1.82, 2.24) is 15.1 Å². The van der Waals surface area contributed by atoms with E-state index in [0.29, 0.717) is 18.8 Å². The minimum Gasteiger partial charge on any atom is -0.459 e. The summed E-state index contributed by atoms with van der Waals surface area (Å²) >= 11 is 0. The third-order valence-corrected chi connectivity index (χ3v) is 5.86. The standard InChI is InChI=1S/C22H28N4O3/c1-17-5-2-3-6-19(17)24-12-14-26(15-13-24)22(28)23-18-8-10-25(11-9-18)21(27)20-7-4-16-29-20/h2-7,16,18H,8-15H2,1H3,(H,23,28). The van der Waals surface area contributed by atoms with Crippen molar-refractivity contribution >= 4 is 17.6 Å². The van der Waals surface area contributed by atoms with Gasteiger partial charge in [0, 0.05) is 51.0 Å². The van der Waals surface area contributed by atoms with Crippen LogP contribution in [0.3, 0.4) is 0 Å². The van der Waals surface area contributed by atoms with Crippen molar-refractivity contribution in [2.75, 3.05) is 44.2 Å². The highest BCUT2D eigenvalue weighted by atomic mass is 16.3. The number of rotatable bonds is 3. The third kappa shape index (κ3) is 4.39. The number of nitrogens with zero attached hydrogens (tertiary/aromatic N) is 3. The topological polar surface area (TPSA) is 69.0 Å². The number of likely N-dealkylation sites (tertiary alicyclic amines) is 1. The summed E-state index contributed by atoms with van der Waals surface area (Å²) in [6.07, 6.45) is 3.04. The van der Waals surface area contributed by atoms with Crippen molar-refractivity contribution in [2.45, 2.75) is 25.8 Å². The Balaban J connectivity index is 1.23. The van der Waals surface area contributed by atoms with Gasteiger partial charge in [0.2, 0.25) is 0 Å². The van der Waals surface area contributed by atoms with Gasteiger partial charge in [0.1, 0.15) is 0 Å². The monoisotopic (exact) mass is 396 g/mol. The molecule has 0 radical (unpaired) electrons. The van der Waals surface area contributed by atoms with E-state index in [0.717, 1.165) is 39.0 Å². The maximum absolute atomic E-state index is 12.7. The predicted molar refractivity (Wildman–Crippen MR) is 111 cm³/mol. The summed E-state index contributed by atoms with van der Waals surface area (Å²) in [5.41, 5.74) is 2.52. The van der Waals surface area contributed by atoms with E-state index in [-0.39, 0.29) is 18.0 Å². The van der Waals surface area contributed by atoms with Crippen molar-refractivity contribution in [3.63, 3.8) is 0 Å². The number of amides is 3. The van der Waals surface area contributed by atoms with E-state index in [1.54, 1.807) is 17.0 Å². The number of furan rings is 1. The molecule has 0 spiro atoms. The van der Waals surface area contributed by atoms with E-state index in [1.807, 2.05) is 4.90 Å². The van der Waals surface area contributed by atoms with Crippen LogP contribution in [0.25, 0.3) is 0 Å².